The van der Waals surface area contributed by atoms with E-state index >= 15 is 0 Å². The molecule has 0 atom stereocenters. The summed E-state index contributed by atoms with van der Waals surface area (Å²) in [5.74, 6) is 0. The predicted molar refractivity (Wildman–Crippen MR) is 98.5 cm³/mol. The van der Waals surface area contributed by atoms with E-state index in [9.17, 15) is 0 Å². The Morgan fingerprint density at radius 3 is 2.17 bits per heavy atom. The van der Waals surface area contributed by atoms with Crippen molar-refractivity contribution in [2.24, 2.45) is 0 Å². The Balaban J connectivity index is 0.000000136. The van der Waals surface area contributed by atoms with Gasteiger partial charge in [-0.3, -0.25) is 10.2 Å². The third-order valence-corrected chi connectivity index (χ3v) is 4.77. The topological polar surface area (TPSA) is 37.0 Å². The van der Waals surface area contributed by atoms with Crippen LogP contribution < -0.4 is 4.73 Å². The van der Waals surface area contributed by atoms with Crippen molar-refractivity contribution in [2.45, 2.75) is 0 Å². The van der Waals surface area contributed by atoms with Crippen LogP contribution in [0.25, 0.3) is 21.5 Å². The van der Waals surface area contributed by atoms with Crippen LogP contribution >= 0.6 is 31.9 Å². The van der Waals surface area contributed by atoms with Gasteiger partial charge in [-0.15, -0.1) is 0 Å². The number of hydrogen-bond donors (Lipinski definition) is 1. The van der Waals surface area contributed by atoms with Gasteiger partial charge in [-0.25, -0.2) is 0 Å². The summed E-state index contributed by atoms with van der Waals surface area (Å²) < 4.78 is 3.14. The van der Waals surface area contributed by atoms with Crippen molar-refractivity contribution in [3.63, 3.8) is 0 Å². The first-order valence-corrected chi connectivity index (χ1v) is 8.51. The molecule has 2 aromatic carbocycles. The van der Waals surface area contributed by atoms with Gasteiger partial charge in [0.25, 0.3) is 0 Å². The van der Waals surface area contributed by atoms with Gasteiger partial charge in [-0.2, -0.15) is 0 Å². The Hall–Kier alpha value is -1.98. The van der Waals surface area contributed by atoms with Crippen molar-refractivity contribution in [3.05, 3.63) is 82.3 Å². The highest BCUT2D eigenvalue weighted by Gasteiger charge is 2.03. The van der Waals surface area contributed by atoms with E-state index in [1.54, 1.807) is 18.6 Å². The Labute approximate surface area is 150 Å². The van der Waals surface area contributed by atoms with E-state index in [2.05, 4.69) is 42.9 Å². The quantitative estimate of drug-likeness (QED) is 0.309. The molecule has 2 aromatic heterocycles. The molecule has 0 amide bonds. The number of hydrogen-bond acceptors (Lipinski definition) is 2. The van der Waals surface area contributed by atoms with Gasteiger partial charge < -0.3 is 0 Å². The zero-order valence-corrected chi connectivity index (χ0v) is 15.2. The lowest BCUT2D eigenvalue weighted by molar-refractivity contribution is -0.904. The van der Waals surface area contributed by atoms with Gasteiger partial charge in [0.1, 0.15) is 0 Å². The lowest BCUT2D eigenvalue weighted by atomic mass is 10.2. The van der Waals surface area contributed by atoms with E-state index in [1.807, 2.05) is 48.7 Å². The Morgan fingerprint density at radius 1 is 0.826 bits per heavy atom. The average molecular weight is 433 g/mol. The van der Waals surface area contributed by atoms with Gasteiger partial charge in [0.2, 0.25) is 12.4 Å². The predicted octanol–water partition coefficient (Wildman–Crippen LogP) is 5.12. The Morgan fingerprint density at radius 2 is 1.48 bits per heavy atom. The van der Waals surface area contributed by atoms with Crippen LogP contribution in [0.15, 0.2) is 82.3 Å². The molecule has 1 N–H and O–H groups in total. The number of halogens is 2. The molecule has 4 aromatic rings. The Kier molecular flexibility index (Phi) is 4.88. The molecule has 0 unspecified atom stereocenters. The van der Waals surface area contributed by atoms with Crippen molar-refractivity contribution in [3.8, 4) is 0 Å². The largest absolute Gasteiger partial charge is 0.285 e. The van der Waals surface area contributed by atoms with Crippen molar-refractivity contribution in [1.29, 1.82) is 0 Å². The van der Waals surface area contributed by atoms with E-state index in [0.717, 1.165) is 29.8 Å². The van der Waals surface area contributed by atoms with Gasteiger partial charge >= 0.3 is 0 Å². The van der Waals surface area contributed by atoms with Crippen molar-refractivity contribution < 1.29 is 9.94 Å². The van der Waals surface area contributed by atoms with Crippen LogP contribution in [0.2, 0.25) is 0 Å². The second-order valence-electron chi connectivity index (χ2n) is 4.90. The van der Waals surface area contributed by atoms with Gasteiger partial charge in [-0.05, 0) is 44.9 Å². The smallest absolute Gasteiger partial charge is 0.231 e. The molecule has 0 fully saturated rings. The first-order chi connectivity index (χ1) is 11.1. The third-order valence-electron chi connectivity index (χ3n) is 3.39. The van der Waals surface area contributed by atoms with Crippen LogP contribution in [-0.4, -0.2) is 10.2 Å². The molecule has 2 heterocycles. The molecule has 0 bridgehead atoms. The molecule has 0 aliphatic heterocycles. The minimum Gasteiger partial charge on any atom is -0.285 e. The summed E-state index contributed by atoms with van der Waals surface area (Å²) in [6, 6.07) is 15.9. The van der Waals surface area contributed by atoms with E-state index in [4.69, 9.17) is 5.21 Å². The minimum atomic E-state index is 0.989. The molecular weight excluding hydrogens is 420 g/mol. The SMILES string of the molecule is Brc1cccc2ccncc12.O[n+]1ccc2cccc(Br)c2c1. The third kappa shape index (κ3) is 3.68. The summed E-state index contributed by atoms with van der Waals surface area (Å²) in [4.78, 5) is 4.04. The maximum atomic E-state index is 9.15. The van der Waals surface area contributed by atoms with Crippen molar-refractivity contribution in [1.82, 2.24) is 4.98 Å². The number of nitrogens with zero attached hydrogens (tertiary/aromatic N) is 2. The first-order valence-electron chi connectivity index (χ1n) is 6.92. The first kappa shape index (κ1) is 15.9. The number of benzene rings is 2. The van der Waals surface area contributed by atoms with E-state index in [-0.39, 0.29) is 0 Å². The highest BCUT2D eigenvalue weighted by atomic mass is 79.9. The molecule has 114 valence electrons. The molecule has 0 radical (unpaired) electrons. The average Bonchev–Trinajstić information content (AvgIpc) is 2.57. The summed E-state index contributed by atoms with van der Waals surface area (Å²) >= 11 is 6.86. The molecular formula is C18H13Br2N2O+. The van der Waals surface area contributed by atoms with Crippen molar-refractivity contribution >= 4 is 53.4 Å². The van der Waals surface area contributed by atoms with Gasteiger partial charge in [0, 0.05) is 37.5 Å². The molecule has 5 heteroatoms. The van der Waals surface area contributed by atoms with Crippen LogP contribution in [0.3, 0.4) is 0 Å². The fourth-order valence-electron chi connectivity index (χ4n) is 2.24. The molecule has 0 saturated carbocycles. The van der Waals surface area contributed by atoms with Crippen LogP contribution in [0.4, 0.5) is 0 Å². The van der Waals surface area contributed by atoms with Gasteiger partial charge in [-0.1, -0.05) is 40.2 Å². The molecule has 0 spiro atoms. The van der Waals surface area contributed by atoms with Crippen molar-refractivity contribution in [2.75, 3.05) is 0 Å². The summed E-state index contributed by atoms with van der Waals surface area (Å²) in [7, 11) is 0. The highest BCUT2D eigenvalue weighted by molar-refractivity contribution is 9.11. The van der Waals surface area contributed by atoms with E-state index < -0.39 is 0 Å². The van der Waals surface area contributed by atoms with Crippen LogP contribution in [-0.2, 0) is 0 Å². The van der Waals surface area contributed by atoms with Gasteiger partial charge in [0.05, 0.1) is 5.39 Å². The van der Waals surface area contributed by atoms with Crippen LogP contribution in [0, 0.1) is 0 Å². The molecule has 0 aliphatic carbocycles. The zero-order chi connectivity index (χ0) is 16.2. The lowest BCUT2D eigenvalue weighted by Crippen LogP contribution is -2.27. The number of aromatic nitrogens is 2. The maximum Gasteiger partial charge on any atom is 0.231 e. The fourth-order valence-corrected chi connectivity index (χ4v) is 3.21. The number of rotatable bonds is 0. The molecule has 23 heavy (non-hydrogen) atoms. The van der Waals surface area contributed by atoms with E-state index in [1.165, 1.54) is 5.39 Å². The highest BCUT2D eigenvalue weighted by Crippen LogP contribution is 2.22. The summed E-state index contributed by atoms with van der Waals surface area (Å²) in [6.07, 6.45) is 6.93. The second kappa shape index (κ2) is 7.06. The maximum absolute atomic E-state index is 9.15. The van der Waals surface area contributed by atoms with Crippen LogP contribution in [0.5, 0.6) is 0 Å². The molecule has 4 rings (SSSR count). The summed E-state index contributed by atoms with van der Waals surface area (Å²) in [6.45, 7) is 0. The normalized spacial score (nSPS) is 10.3. The fraction of sp³-hybridized carbons (Fsp3) is 0. The number of pyridine rings is 2. The lowest BCUT2D eigenvalue weighted by Gasteiger charge is -1.96. The van der Waals surface area contributed by atoms with Crippen LogP contribution in [0.1, 0.15) is 0 Å². The van der Waals surface area contributed by atoms with Gasteiger partial charge in [0.15, 0.2) is 0 Å². The minimum absolute atomic E-state index is 0.989. The zero-order valence-electron chi connectivity index (χ0n) is 12.0. The second-order valence-corrected chi connectivity index (χ2v) is 6.61. The molecule has 0 aliphatic rings. The molecule has 0 saturated heterocycles. The summed E-state index contributed by atoms with van der Waals surface area (Å²) in [5.41, 5.74) is 0. The molecule has 3 nitrogen and oxygen atoms in total. The number of fused-ring (bicyclic) bond motifs is 2. The Bertz CT molecular complexity index is 968. The monoisotopic (exact) mass is 431 g/mol. The van der Waals surface area contributed by atoms with E-state index in [0.29, 0.717) is 0 Å². The standard InChI is InChI=1S/C9H7BrNO.C9H6BrN/c10-9-3-1-2-7-4-5-11(12)6-8(7)9;10-9-3-1-2-7-4-5-11-6-8(7)9/h1-6,12H;1-6H/q+1;. The summed E-state index contributed by atoms with van der Waals surface area (Å²) in [5, 5.41) is 13.6.